The van der Waals surface area contributed by atoms with E-state index < -0.39 is 0 Å². The van der Waals surface area contributed by atoms with Crippen LogP contribution in [0.5, 0.6) is 0 Å². The smallest absolute Gasteiger partial charge is 0.134 e. The van der Waals surface area contributed by atoms with E-state index in [1.54, 1.807) is 12.3 Å². The summed E-state index contributed by atoms with van der Waals surface area (Å²) in [6, 6.07) is 40.8. The van der Waals surface area contributed by atoms with Crippen LogP contribution < -0.4 is 0 Å². The molecule has 0 amide bonds. The van der Waals surface area contributed by atoms with Crippen LogP contribution in [-0.4, -0.2) is 9.97 Å². The van der Waals surface area contributed by atoms with Gasteiger partial charge in [0, 0.05) is 37.9 Å². The second-order valence-electron chi connectivity index (χ2n) is 11.6. The molecule has 0 N–H and O–H groups in total. The Morgan fingerprint density at radius 1 is 0.705 bits per heavy atom. The minimum atomic E-state index is -0.300. The van der Waals surface area contributed by atoms with E-state index in [2.05, 4.69) is 55.0 Å². The summed E-state index contributed by atoms with van der Waals surface area (Å²) in [5.41, 5.74) is 7.67. The van der Waals surface area contributed by atoms with Crippen molar-refractivity contribution >= 4 is 21.9 Å². The van der Waals surface area contributed by atoms with Crippen LogP contribution in [0.4, 0.5) is 4.39 Å². The molecule has 0 bridgehead atoms. The molecule has 44 heavy (non-hydrogen) atoms. The maximum Gasteiger partial charge on any atom is 0.134 e. The summed E-state index contributed by atoms with van der Waals surface area (Å²) in [6.07, 6.45) is 4.76. The number of hydrogen-bond acceptors (Lipinski definition) is 3. The number of hydrogen-bond donors (Lipinski definition) is 0. The number of fused-ring (bicyclic) bond motifs is 3. The topological polar surface area (TPSA) is 38.9 Å². The van der Waals surface area contributed by atoms with Crippen molar-refractivity contribution < 1.29 is 28.9 Å². The van der Waals surface area contributed by atoms with Gasteiger partial charge in [0.15, 0.2) is 0 Å². The van der Waals surface area contributed by atoms with Crippen LogP contribution in [0.1, 0.15) is 26.3 Å². The van der Waals surface area contributed by atoms with Crippen LogP contribution in [0.15, 0.2) is 126 Å². The number of pyridine rings is 2. The molecule has 221 valence electrons. The summed E-state index contributed by atoms with van der Waals surface area (Å²) < 4.78 is 20.9. The fourth-order valence-corrected chi connectivity index (χ4v) is 5.21. The molecule has 3 nitrogen and oxygen atoms in total. The van der Waals surface area contributed by atoms with Gasteiger partial charge in [-0.2, -0.15) is 0 Å². The van der Waals surface area contributed by atoms with E-state index in [0.29, 0.717) is 22.1 Å². The van der Waals surface area contributed by atoms with Crippen molar-refractivity contribution in [1.82, 2.24) is 9.97 Å². The zero-order chi connectivity index (χ0) is 29.8. The number of furan rings is 1. The van der Waals surface area contributed by atoms with Gasteiger partial charge >= 0.3 is 0 Å². The zero-order valence-electron chi connectivity index (χ0n) is 24.8. The van der Waals surface area contributed by atoms with E-state index in [4.69, 9.17) is 4.42 Å². The minimum Gasteiger partial charge on any atom is -0.500 e. The molecule has 4 aromatic carbocycles. The summed E-state index contributed by atoms with van der Waals surface area (Å²) in [6.45, 7) is 6.73. The second kappa shape index (κ2) is 13.5. The van der Waals surface area contributed by atoms with Crippen molar-refractivity contribution in [2.45, 2.75) is 27.2 Å². The molecule has 0 fully saturated rings. The molecule has 3 heterocycles. The Bertz CT molecular complexity index is 1970. The molecule has 0 aliphatic carbocycles. The largest absolute Gasteiger partial charge is 0.500 e. The standard InChI is InChI=1S/C23H13FNO.C16H18N.Ir/c24-19-13-12-17-16-9-6-10-18(20-11-4-5-14-25-20)22(16)26-23(17)21(19)15-7-2-1-3-8-15;1-16(2,3)11-13-9-10-15(17-12-13)14-7-5-4-6-8-14;/h1-9,11-14H;4-7,9-10,12H,11H2,1-3H3;/q2*-1;. The maximum atomic E-state index is 14.7. The minimum absolute atomic E-state index is 0. The van der Waals surface area contributed by atoms with Crippen molar-refractivity contribution in [3.63, 3.8) is 0 Å². The molecule has 7 rings (SSSR count). The third kappa shape index (κ3) is 6.86. The Morgan fingerprint density at radius 3 is 2.16 bits per heavy atom. The van der Waals surface area contributed by atoms with Gasteiger partial charge in [-0.1, -0.05) is 86.3 Å². The molecule has 7 aromatic rings. The van der Waals surface area contributed by atoms with E-state index in [1.807, 2.05) is 91.1 Å². The van der Waals surface area contributed by atoms with Gasteiger partial charge < -0.3 is 14.4 Å². The normalized spacial score (nSPS) is 11.1. The van der Waals surface area contributed by atoms with Gasteiger partial charge in [0.1, 0.15) is 11.4 Å². The van der Waals surface area contributed by atoms with Gasteiger partial charge in [-0.15, -0.1) is 54.1 Å². The molecule has 0 aliphatic rings. The first kappa shape index (κ1) is 31.0. The molecular weight excluding hydrogens is 724 g/mol. The first-order valence-electron chi connectivity index (χ1n) is 14.3. The summed E-state index contributed by atoms with van der Waals surface area (Å²) in [5, 5.41) is 1.81. The van der Waals surface area contributed by atoms with Crippen LogP contribution in [-0.2, 0) is 26.5 Å². The van der Waals surface area contributed by atoms with Gasteiger partial charge in [-0.05, 0) is 52.5 Å². The Hall–Kier alpha value is -4.44. The fraction of sp³-hybridized carbons (Fsp3) is 0.128. The molecule has 0 atom stereocenters. The summed E-state index contributed by atoms with van der Waals surface area (Å²) in [5.74, 6) is -0.300. The first-order chi connectivity index (χ1) is 20.9. The molecule has 1 radical (unpaired) electrons. The maximum absolute atomic E-state index is 14.7. The number of nitrogens with zero attached hydrogens (tertiary/aromatic N) is 2. The van der Waals surface area contributed by atoms with Crippen LogP contribution >= 0.6 is 0 Å². The molecular formula is C39H31FIrN2O-2. The van der Waals surface area contributed by atoms with E-state index in [1.165, 1.54) is 11.6 Å². The molecule has 5 heteroatoms. The first-order valence-corrected chi connectivity index (χ1v) is 14.3. The summed E-state index contributed by atoms with van der Waals surface area (Å²) in [7, 11) is 0. The van der Waals surface area contributed by atoms with Crippen molar-refractivity contribution in [2.75, 3.05) is 0 Å². The molecule has 0 aliphatic heterocycles. The fourth-order valence-electron chi connectivity index (χ4n) is 5.21. The average Bonchev–Trinajstić information content (AvgIpc) is 3.41. The van der Waals surface area contributed by atoms with Gasteiger partial charge in [0.2, 0.25) is 0 Å². The number of aromatic nitrogens is 2. The third-order valence-electron chi connectivity index (χ3n) is 7.08. The number of rotatable bonds is 4. The van der Waals surface area contributed by atoms with Gasteiger partial charge in [-0.25, -0.2) is 4.39 Å². The van der Waals surface area contributed by atoms with Crippen LogP contribution in [0.25, 0.3) is 55.6 Å². The van der Waals surface area contributed by atoms with E-state index >= 15 is 0 Å². The number of halogens is 1. The van der Waals surface area contributed by atoms with E-state index in [9.17, 15) is 4.39 Å². The average molecular weight is 755 g/mol. The predicted octanol–water partition coefficient (Wildman–Crippen LogP) is 10.4. The van der Waals surface area contributed by atoms with E-state index in [0.717, 1.165) is 45.3 Å². The van der Waals surface area contributed by atoms with Crippen molar-refractivity contribution in [1.29, 1.82) is 0 Å². The SMILES string of the molecule is CC(C)(C)Cc1ccc(-c2[c-]cccc2)nc1.Fc1ccc2c(oc3c(-c4ccccn4)[c-]ccc32)c1-c1ccccc1.[Ir]. The molecule has 0 spiro atoms. The second-order valence-corrected chi connectivity index (χ2v) is 11.6. The van der Waals surface area contributed by atoms with Crippen LogP contribution in [0, 0.1) is 23.4 Å². The van der Waals surface area contributed by atoms with Crippen LogP contribution in [0.3, 0.4) is 0 Å². The quantitative estimate of drug-likeness (QED) is 0.168. The van der Waals surface area contributed by atoms with Gasteiger partial charge in [0.25, 0.3) is 0 Å². The van der Waals surface area contributed by atoms with Crippen LogP contribution in [0.2, 0.25) is 0 Å². The number of benzene rings is 4. The monoisotopic (exact) mass is 755 g/mol. The zero-order valence-corrected chi connectivity index (χ0v) is 27.2. The van der Waals surface area contributed by atoms with Gasteiger partial charge in [-0.3, -0.25) is 0 Å². The summed E-state index contributed by atoms with van der Waals surface area (Å²) in [4.78, 5) is 8.90. The third-order valence-corrected chi connectivity index (χ3v) is 7.08. The van der Waals surface area contributed by atoms with Crippen molar-refractivity contribution in [3.05, 3.63) is 145 Å². The molecule has 0 saturated heterocycles. The Labute approximate surface area is 271 Å². The summed E-state index contributed by atoms with van der Waals surface area (Å²) >= 11 is 0. The van der Waals surface area contributed by atoms with Gasteiger partial charge in [0.05, 0.1) is 11.1 Å². The van der Waals surface area contributed by atoms with E-state index in [-0.39, 0.29) is 25.9 Å². The Balaban J connectivity index is 0.000000187. The molecule has 3 aromatic heterocycles. The molecule has 0 saturated carbocycles. The Morgan fingerprint density at radius 2 is 1.48 bits per heavy atom. The van der Waals surface area contributed by atoms with Crippen molar-refractivity contribution in [3.8, 4) is 33.6 Å². The predicted molar refractivity (Wildman–Crippen MR) is 173 cm³/mol. The molecule has 0 unspecified atom stereocenters. The van der Waals surface area contributed by atoms with Crippen molar-refractivity contribution in [2.24, 2.45) is 5.41 Å². The Kier molecular flexibility index (Phi) is 9.49.